The maximum Gasteiger partial charge on any atom is 0.119 e. The van der Waals surface area contributed by atoms with Crippen molar-refractivity contribution in [2.24, 2.45) is 0 Å². The van der Waals surface area contributed by atoms with Crippen LogP contribution in [0.25, 0.3) is 0 Å². The lowest BCUT2D eigenvalue weighted by Crippen LogP contribution is -2.20. The maximum absolute atomic E-state index is 5.58. The summed E-state index contributed by atoms with van der Waals surface area (Å²) in [6.45, 7) is 5.58. The van der Waals surface area contributed by atoms with Crippen LogP contribution in [-0.4, -0.2) is 31.9 Å². The Balaban J connectivity index is 2.50. The van der Waals surface area contributed by atoms with E-state index in [4.69, 9.17) is 9.47 Å². The van der Waals surface area contributed by atoms with Crippen LogP contribution in [0, 0.1) is 0 Å². The monoisotopic (exact) mass is 223 g/mol. The van der Waals surface area contributed by atoms with Crippen LogP contribution in [0.15, 0.2) is 24.3 Å². The highest BCUT2D eigenvalue weighted by Gasteiger charge is 2.01. The fraction of sp³-hybridized carbons (Fsp3) is 0.538. The van der Waals surface area contributed by atoms with Gasteiger partial charge in [0.2, 0.25) is 0 Å². The summed E-state index contributed by atoms with van der Waals surface area (Å²) in [7, 11) is 3.73. The summed E-state index contributed by atoms with van der Waals surface area (Å²) >= 11 is 0. The molecule has 0 unspecified atom stereocenters. The molecule has 3 nitrogen and oxygen atoms in total. The van der Waals surface area contributed by atoms with Crippen LogP contribution in [-0.2, 0) is 11.3 Å². The molecule has 0 aliphatic heterocycles. The van der Waals surface area contributed by atoms with Gasteiger partial charge in [-0.05, 0) is 38.6 Å². The summed E-state index contributed by atoms with van der Waals surface area (Å²) in [5, 5.41) is 0. The van der Waals surface area contributed by atoms with Crippen LogP contribution in [0.1, 0.15) is 19.4 Å². The Morgan fingerprint density at radius 1 is 1.19 bits per heavy atom. The number of nitrogens with zero attached hydrogens (tertiary/aromatic N) is 1. The van der Waals surface area contributed by atoms with Gasteiger partial charge in [0.25, 0.3) is 0 Å². The van der Waals surface area contributed by atoms with E-state index >= 15 is 0 Å². The van der Waals surface area contributed by atoms with Crippen molar-refractivity contribution in [3.63, 3.8) is 0 Å². The van der Waals surface area contributed by atoms with E-state index in [1.54, 1.807) is 7.11 Å². The zero-order valence-electron chi connectivity index (χ0n) is 10.6. The van der Waals surface area contributed by atoms with Gasteiger partial charge in [0, 0.05) is 13.7 Å². The first-order chi connectivity index (χ1) is 7.61. The molecule has 1 aromatic rings. The third-order valence-electron chi connectivity index (χ3n) is 2.10. The Hall–Kier alpha value is -1.06. The van der Waals surface area contributed by atoms with Gasteiger partial charge in [-0.15, -0.1) is 0 Å². The van der Waals surface area contributed by atoms with E-state index < -0.39 is 0 Å². The zero-order chi connectivity index (χ0) is 12.0. The second-order valence-electron chi connectivity index (χ2n) is 4.24. The zero-order valence-corrected chi connectivity index (χ0v) is 10.6. The van der Waals surface area contributed by atoms with Crippen LogP contribution < -0.4 is 4.74 Å². The Kier molecular flexibility index (Phi) is 5.29. The van der Waals surface area contributed by atoms with Crippen molar-refractivity contribution in [1.29, 1.82) is 0 Å². The van der Waals surface area contributed by atoms with E-state index in [0.717, 1.165) is 12.3 Å². The summed E-state index contributed by atoms with van der Waals surface area (Å²) in [5.41, 5.74) is 1.26. The van der Waals surface area contributed by atoms with E-state index in [2.05, 4.69) is 17.0 Å². The van der Waals surface area contributed by atoms with Gasteiger partial charge in [0.15, 0.2) is 0 Å². The molecule has 90 valence electrons. The van der Waals surface area contributed by atoms with Gasteiger partial charge in [-0.1, -0.05) is 12.1 Å². The Labute approximate surface area is 98.0 Å². The van der Waals surface area contributed by atoms with Crippen molar-refractivity contribution >= 4 is 0 Å². The highest BCUT2D eigenvalue weighted by molar-refractivity contribution is 5.27. The van der Waals surface area contributed by atoms with E-state index in [-0.39, 0.29) is 6.10 Å². The standard InChI is InChI=1S/C13H21NO2/c1-11(2)16-13-7-5-12(6-8-13)9-14(3)10-15-4/h5-8,11H,9-10H2,1-4H3. The molecule has 0 atom stereocenters. The molecule has 0 saturated heterocycles. The minimum Gasteiger partial charge on any atom is -0.491 e. The normalized spacial score (nSPS) is 11.1. The van der Waals surface area contributed by atoms with E-state index in [1.165, 1.54) is 5.56 Å². The molecule has 0 aromatic heterocycles. The SMILES string of the molecule is COCN(C)Cc1ccc(OC(C)C)cc1. The summed E-state index contributed by atoms with van der Waals surface area (Å²) in [6, 6.07) is 8.19. The minimum atomic E-state index is 0.224. The van der Waals surface area contributed by atoms with Gasteiger partial charge in [0.05, 0.1) is 12.8 Å². The lowest BCUT2D eigenvalue weighted by atomic mass is 10.2. The van der Waals surface area contributed by atoms with Crippen molar-refractivity contribution in [3.05, 3.63) is 29.8 Å². The smallest absolute Gasteiger partial charge is 0.119 e. The van der Waals surface area contributed by atoms with Crippen LogP contribution in [0.2, 0.25) is 0 Å². The van der Waals surface area contributed by atoms with E-state index in [0.29, 0.717) is 6.73 Å². The van der Waals surface area contributed by atoms with E-state index in [9.17, 15) is 0 Å². The van der Waals surface area contributed by atoms with Crippen LogP contribution >= 0.6 is 0 Å². The van der Waals surface area contributed by atoms with Crippen molar-refractivity contribution in [2.45, 2.75) is 26.5 Å². The number of hydrogen-bond donors (Lipinski definition) is 0. The van der Waals surface area contributed by atoms with Gasteiger partial charge in [-0.3, -0.25) is 4.90 Å². The molecule has 0 radical (unpaired) electrons. The molecule has 0 bridgehead atoms. The number of hydrogen-bond acceptors (Lipinski definition) is 3. The van der Waals surface area contributed by atoms with Gasteiger partial charge in [-0.2, -0.15) is 0 Å². The van der Waals surface area contributed by atoms with Crippen molar-refractivity contribution in [2.75, 3.05) is 20.9 Å². The third-order valence-corrected chi connectivity index (χ3v) is 2.10. The van der Waals surface area contributed by atoms with Crippen molar-refractivity contribution < 1.29 is 9.47 Å². The largest absolute Gasteiger partial charge is 0.491 e. The summed E-state index contributed by atoms with van der Waals surface area (Å²) in [5.74, 6) is 0.924. The maximum atomic E-state index is 5.58. The highest BCUT2D eigenvalue weighted by Crippen LogP contribution is 2.14. The summed E-state index contributed by atoms with van der Waals surface area (Å²) < 4.78 is 10.6. The number of ether oxygens (including phenoxy) is 2. The van der Waals surface area contributed by atoms with Gasteiger partial charge < -0.3 is 9.47 Å². The average Bonchev–Trinajstić information content (AvgIpc) is 2.20. The summed E-state index contributed by atoms with van der Waals surface area (Å²) in [4.78, 5) is 2.11. The molecule has 3 heteroatoms. The lowest BCUT2D eigenvalue weighted by Gasteiger charge is -2.16. The molecule has 0 aliphatic carbocycles. The quantitative estimate of drug-likeness (QED) is 0.692. The highest BCUT2D eigenvalue weighted by atomic mass is 16.5. The molecular weight excluding hydrogens is 202 g/mol. The number of rotatable bonds is 6. The summed E-state index contributed by atoms with van der Waals surface area (Å²) in [6.07, 6.45) is 0.224. The molecule has 16 heavy (non-hydrogen) atoms. The molecule has 0 amide bonds. The van der Waals surface area contributed by atoms with E-state index in [1.807, 2.05) is 33.0 Å². The fourth-order valence-electron chi connectivity index (χ4n) is 1.52. The predicted octanol–water partition coefficient (Wildman–Crippen LogP) is 2.51. The van der Waals surface area contributed by atoms with Gasteiger partial charge >= 0.3 is 0 Å². The Morgan fingerprint density at radius 2 is 1.81 bits per heavy atom. The topological polar surface area (TPSA) is 21.7 Å². The first-order valence-corrected chi connectivity index (χ1v) is 5.55. The first-order valence-electron chi connectivity index (χ1n) is 5.55. The molecule has 0 N–H and O–H groups in total. The molecule has 0 aliphatic rings. The van der Waals surface area contributed by atoms with Crippen molar-refractivity contribution in [1.82, 2.24) is 4.90 Å². The lowest BCUT2D eigenvalue weighted by molar-refractivity contribution is 0.0771. The first kappa shape index (κ1) is 13.0. The second kappa shape index (κ2) is 6.51. The third kappa shape index (κ3) is 4.64. The van der Waals surface area contributed by atoms with Crippen LogP contribution in [0.5, 0.6) is 5.75 Å². The van der Waals surface area contributed by atoms with Crippen molar-refractivity contribution in [3.8, 4) is 5.75 Å². The molecule has 1 aromatic carbocycles. The molecule has 0 spiro atoms. The number of methoxy groups -OCH3 is 1. The molecule has 0 fully saturated rings. The minimum absolute atomic E-state index is 0.224. The Morgan fingerprint density at radius 3 is 2.31 bits per heavy atom. The number of benzene rings is 1. The predicted molar refractivity (Wildman–Crippen MR) is 65.5 cm³/mol. The van der Waals surface area contributed by atoms with Gasteiger partial charge in [0.1, 0.15) is 5.75 Å². The second-order valence-corrected chi connectivity index (χ2v) is 4.24. The fourth-order valence-corrected chi connectivity index (χ4v) is 1.52. The van der Waals surface area contributed by atoms with Crippen LogP contribution in [0.3, 0.4) is 0 Å². The molecular formula is C13H21NO2. The molecule has 1 rings (SSSR count). The average molecular weight is 223 g/mol. The molecule has 0 saturated carbocycles. The molecule has 0 heterocycles. The van der Waals surface area contributed by atoms with Gasteiger partial charge in [-0.25, -0.2) is 0 Å². The van der Waals surface area contributed by atoms with Crippen LogP contribution in [0.4, 0.5) is 0 Å². The Bertz CT molecular complexity index is 295.